The highest BCUT2D eigenvalue weighted by atomic mass is 16.2. The minimum absolute atomic E-state index is 0.0136. The highest BCUT2D eigenvalue weighted by molar-refractivity contribution is 6.01. The Hall–Kier alpha value is -3.93. The number of fused-ring (bicyclic) bond motifs is 1. The molecule has 3 heterocycles. The molecule has 0 unspecified atom stereocenters. The van der Waals surface area contributed by atoms with Gasteiger partial charge in [0.15, 0.2) is 0 Å². The maximum Gasteiger partial charge on any atom is 0.253 e. The van der Waals surface area contributed by atoms with E-state index in [9.17, 15) is 9.59 Å². The minimum atomic E-state index is -0.206. The topological polar surface area (TPSA) is 66.7 Å². The van der Waals surface area contributed by atoms with Crippen LogP contribution in [0.2, 0.25) is 0 Å². The summed E-state index contributed by atoms with van der Waals surface area (Å²) in [6.45, 7) is 3.96. The second kappa shape index (κ2) is 8.90. The second-order valence-electron chi connectivity index (χ2n) is 8.57. The molecule has 0 spiro atoms. The van der Waals surface area contributed by atoms with Gasteiger partial charge in [-0.25, -0.2) is 4.98 Å². The summed E-state index contributed by atoms with van der Waals surface area (Å²) in [5.41, 5.74) is 5.85. The van der Waals surface area contributed by atoms with Gasteiger partial charge in [-0.15, -0.1) is 0 Å². The summed E-state index contributed by atoms with van der Waals surface area (Å²) < 4.78 is 1.92. The van der Waals surface area contributed by atoms with Crippen LogP contribution in [0.1, 0.15) is 44.7 Å². The van der Waals surface area contributed by atoms with Crippen molar-refractivity contribution in [3.8, 4) is 11.1 Å². The Morgan fingerprint density at radius 3 is 2.45 bits per heavy atom. The molecule has 0 radical (unpaired) electrons. The third kappa shape index (κ3) is 4.51. The molecule has 6 heteroatoms. The molecule has 0 bridgehead atoms. The standard InChI is InChI=1S/C27H26N4O2/c1-19-4-6-21(7-5-19)22-15-23(17-24(16-22)27(33)31-10-2-3-11-31)26(32)29-18-20-8-12-30-13-9-28-25(30)14-20/h4-9,12-17H,2-3,10-11,18H2,1H3,(H,29,32). The first-order valence-corrected chi connectivity index (χ1v) is 11.3. The van der Waals surface area contributed by atoms with E-state index in [-0.39, 0.29) is 11.8 Å². The van der Waals surface area contributed by atoms with E-state index in [1.165, 1.54) is 0 Å². The Morgan fingerprint density at radius 1 is 0.909 bits per heavy atom. The van der Waals surface area contributed by atoms with Gasteiger partial charge in [0.2, 0.25) is 0 Å². The number of amides is 2. The van der Waals surface area contributed by atoms with Crippen molar-refractivity contribution in [1.82, 2.24) is 19.6 Å². The molecule has 1 N–H and O–H groups in total. The number of aromatic nitrogens is 2. The van der Waals surface area contributed by atoms with Gasteiger partial charge in [-0.3, -0.25) is 9.59 Å². The van der Waals surface area contributed by atoms with Gasteiger partial charge in [0.05, 0.1) is 0 Å². The summed E-state index contributed by atoms with van der Waals surface area (Å²) in [6, 6.07) is 17.5. The van der Waals surface area contributed by atoms with Crippen molar-refractivity contribution in [2.45, 2.75) is 26.3 Å². The van der Waals surface area contributed by atoms with E-state index in [2.05, 4.69) is 10.3 Å². The molecule has 6 nitrogen and oxygen atoms in total. The number of hydrogen-bond donors (Lipinski definition) is 1. The molecule has 0 saturated carbocycles. The first-order valence-electron chi connectivity index (χ1n) is 11.3. The van der Waals surface area contributed by atoms with Gasteiger partial charge in [0, 0.05) is 49.4 Å². The first-order chi connectivity index (χ1) is 16.1. The van der Waals surface area contributed by atoms with Gasteiger partial charge in [-0.2, -0.15) is 0 Å². The Kier molecular flexibility index (Phi) is 5.65. The monoisotopic (exact) mass is 438 g/mol. The summed E-state index contributed by atoms with van der Waals surface area (Å²) in [4.78, 5) is 32.4. The average molecular weight is 439 g/mol. The van der Waals surface area contributed by atoms with Crippen LogP contribution in [0, 0.1) is 6.92 Å². The number of aryl methyl sites for hydroxylation is 1. The van der Waals surface area contributed by atoms with Crippen molar-refractivity contribution < 1.29 is 9.59 Å². The lowest BCUT2D eigenvalue weighted by molar-refractivity contribution is 0.0793. The predicted octanol–water partition coefficient (Wildman–Crippen LogP) is 4.48. The normalized spacial score (nSPS) is 13.4. The number of rotatable bonds is 5. The summed E-state index contributed by atoms with van der Waals surface area (Å²) in [6.07, 6.45) is 7.60. The van der Waals surface area contributed by atoms with Crippen molar-refractivity contribution in [3.05, 3.63) is 95.4 Å². The molecule has 2 aromatic heterocycles. The van der Waals surface area contributed by atoms with Gasteiger partial charge >= 0.3 is 0 Å². The number of hydrogen-bond acceptors (Lipinski definition) is 3. The van der Waals surface area contributed by atoms with Crippen molar-refractivity contribution in [3.63, 3.8) is 0 Å². The van der Waals surface area contributed by atoms with Crippen LogP contribution in [0.5, 0.6) is 0 Å². The highest BCUT2D eigenvalue weighted by Gasteiger charge is 2.21. The summed E-state index contributed by atoms with van der Waals surface area (Å²) in [7, 11) is 0. The van der Waals surface area contributed by atoms with Crippen LogP contribution in [0.3, 0.4) is 0 Å². The van der Waals surface area contributed by atoms with Gasteiger partial charge in [0.1, 0.15) is 5.65 Å². The van der Waals surface area contributed by atoms with Gasteiger partial charge < -0.3 is 14.6 Å². The molecule has 166 valence electrons. The SMILES string of the molecule is Cc1ccc(-c2cc(C(=O)NCc3ccn4ccnc4c3)cc(C(=O)N3CCCC3)c2)cc1. The van der Waals surface area contributed by atoms with Crippen molar-refractivity contribution in [1.29, 1.82) is 0 Å². The van der Waals surface area contributed by atoms with E-state index >= 15 is 0 Å². The fourth-order valence-electron chi connectivity index (χ4n) is 4.24. The van der Waals surface area contributed by atoms with Gasteiger partial charge in [-0.05, 0) is 66.8 Å². The number of imidazole rings is 1. The molecular formula is C27H26N4O2. The van der Waals surface area contributed by atoms with Crippen LogP contribution in [-0.2, 0) is 6.54 Å². The Bertz CT molecular complexity index is 1320. The number of likely N-dealkylation sites (tertiary alicyclic amines) is 1. The smallest absolute Gasteiger partial charge is 0.253 e. The van der Waals surface area contributed by atoms with E-state index in [0.29, 0.717) is 17.7 Å². The number of nitrogens with one attached hydrogen (secondary N) is 1. The Balaban J connectivity index is 1.43. The van der Waals surface area contributed by atoms with Crippen LogP contribution < -0.4 is 5.32 Å². The molecule has 1 fully saturated rings. The van der Waals surface area contributed by atoms with Crippen molar-refractivity contribution in [2.75, 3.05) is 13.1 Å². The minimum Gasteiger partial charge on any atom is -0.348 e. The number of carbonyl (C=O) groups excluding carboxylic acids is 2. The quantitative estimate of drug-likeness (QED) is 0.500. The molecule has 2 aromatic carbocycles. The van der Waals surface area contributed by atoms with E-state index in [1.807, 2.05) is 77.1 Å². The molecule has 1 saturated heterocycles. The molecule has 33 heavy (non-hydrogen) atoms. The zero-order valence-electron chi connectivity index (χ0n) is 18.6. The molecule has 5 rings (SSSR count). The maximum absolute atomic E-state index is 13.1. The van der Waals surface area contributed by atoms with Crippen molar-refractivity contribution in [2.24, 2.45) is 0 Å². The van der Waals surface area contributed by atoms with Crippen LogP contribution in [0.4, 0.5) is 0 Å². The summed E-state index contributed by atoms with van der Waals surface area (Å²) >= 11 is 0. The number of nitrogens with zero attached hydrogens (tertiary/aromatic N) is 3. The van der Waals surface area contributed by atoms with E-state index in [0.717, 1.165) is 53.8 Å². The fourth-order valence-corrected chi connectivity index (χ4v) is 4.24. The van der Waals surface area contributed by atoms with E-state index in [1.54, 1.807) is 12.3 Å². The molecule has 4 aromatic rings. The fraction of sp³-hybridized carbons (Fsp3) is 0.222. The van der Waals surface area contributed by atoms with Crippen LogP contribution in [-0.4, -0.2) is 39.2 Å². The Morgan fingerprint density at radius 2 is 1.67 bits per heavy atom. The molecule has 0 aliphatic carbocycles. The second-order valence-corrected chi connectivity index (χ2v) is 8.57. The van der Waals surface area contributed by atoms with Crippen molar-refractivity contribution >= 4 is 17.5 Å². The van der Waals surface area contributed by atoms with Crippen LogP contribution in [0.15, 0.2) is 73.2 Å². The maximum atomic E-state index is 13.1. The van der Waals surface area contributed by atoms with Gasteiger partial charge in [0.25, 0.3) is 11.8 Å². The third-order valence-electron chi connectivity index (χ3n) is 6.14. The van der Waals surface area contributed by atoms with E-state index < -0.39 is 0 Å². The number of benzene rings is 2. The Labute approximate surface area is 192 Å². The lowest BCUT2D eigenvalue weighted by Gasteiger charge is -2.17. The third-order valence-corrected chi connectivity index (χ3v) is 6.14. The summed E-state index contributed by atoms with van der Waals surface area (Å²) in [5, 5.41) is 2.99. The van der Waals surface area contributed by atoms with Crippen LogP contribution >= 0.6 is 0 Å². The number of pyridine rings is 1. The molecule has 1 aliphatic heterocycles. The lowest BCUT2D eigenvalue weighted by atomic mass is 9.98. The average Bonchev–Trinajstić information content (AvgIpc) is 3.54. The molecule has 1 aliphatic rings. The largest absolute Gasteiger partial charge is 0.348 e. The van der Waals surface area contributed by atoms with E-state index in [4.69, 9.17) is 0 Å². The molecular weight excluding hydrogens is 412 g/mol. The molecule has 0 atom stereocenters. The summed E-state index contributed by atoms with van der Waals surface area (Å²) in [5.74, 6) is -0.220. The number of carbonyl (C=O) groups is 2. The first kappa shape index (κ1) is 20.9. The predicted molar refractivity (Wildman–Crippen MR) is 128 cm³/mol. The highest BCUT2D eigenvalue weighted by Crippen LogP contribution is 2.25. The van der Waals surface area contributed by atoms with Crippen LogP contribution in [0.25, 0.3) is 16.8 Å². The van der Waals surface area contributed by atoms with Gasteiger partial charge in [-0.1, -0.05) is 29.8 Å². The molecule has 2 amide bonds. The lowest BCUT2D eigenvalue weighted by Crippen LogP contribution is -2.28. The zero-order valence-corrected chi connectivity index (χ0v) is 18.6. The zero-order chi connectivity index (χ0) is 22.8.